The Kier molecular flexibility index (Phi) is 5.10. The highest BCUT2D eigenvalue weighted by Crippen LogP contribution is 2.49. The molecule has 0 amide bonds. The minimum absolute atomic E-state index is 0.159. The zero-order chi connectivity index (χ0) is 22.3. The molecule has 0 N–H and O–H groups in total. The van der Waals surface area contributed by atoms with Gasteiger partial charge in [-0.1, -0.05) is 48.4 Å². The average Bonchev–Trinajstić information content (AvgIpc) is 3.26. The highest BCUT2D eigenvalue weighted by Gasteiger charge is 2.45. The van der Waals surface area contributed by atoms with Crippen molar-refractivity contribution in [1.82, 2.24) is 9.97 Å². The first kappa shape index (κ1) is 20.7. The lowest BCUT2D eigenvalue weighted by molar-refractivity contribution is -0.0985. The van der Waals surface area contributed by atoms with Crippen LogP contribution in [0.3, 0.4) is 0 Å². The third kappa shape index (κ3) is 3.78. The second-order valence-electron chi connectivity index (χ2n) is 10.1. The molecular formula is C28H31N3O2. The van der Waals surface area contributed by atoms with Crippen molar-refractivity contribution in [3.63, 3.8) is 0 Å². The smallest absolute Gasteiger partial charge is 0.225 e. The minimum atomic E-state index is 0.159. The van der Waals surface area contributed by atoms with Crippen molar-refractivity contribution in [2.24, 2.45) is 5.41 Å². The van der Waals surface area contributed by atoms with Crippen LogP contribution in [0.2, 0.25) is 0 Å². The zero-order valence-corrected chi connectivity index (χ0v) is 19.3. The van der Waals surface area contributed by atoms with Crippen molar-refractivity contribution in [2.45, 2.75) is 44.6 Å². The van der Waals surface area contributed by atoms with Crippen LogP contribution in [-0.2, 0) is 16.8 Å². The maximum Gasteiger partial charge on any atom is 0.225 e. The van der Waals surface area contributed by atoms with Crippen LogP contribution >= 0.6 is 0 Å². The van der Waals surface area contributed by atoms with E-state index in [1.54, 1.807) is 0 Å². The van der Waals surface area contributed by atoms with E-state index in [4.69, 9.17) is 14.5 Å². The minimum Gasteiger partial charge on any atom is -0.487 e. The van der Waals surface area contributed by atoms with Crippen LogP contribution in [0.25, 0.3) is 0 Å². The Bertz CT molecular complexity index is 1120. The van der Waals surface area contributed by atoms with Crippen LogP contribution in [0.4, 0.5) is 5.95 Å². The summed E-state index contributed by atoms with van der Waals surface area (Å²) in [5, 5.41) is 0. The molecule has 1 aliphatic carbocycles. The van der Waals surface area contributed by atoms with Gasteiger partial charge in [0.1, 0.15) is 12.4 Å². The highest BCUT2D eigenvalue weighted by molar-refractivity contribution is 5.44. The lowest BCUT2D eigenvalue weighted by atomic mass is 9.60. The standard InChI is InChI=1S/C28H31N3O2/c1-21-3-5-22(6-4-21)28(12-2-13-28)23-7-9-25(10-8-23)33-17-24-11-15-29-26(30-24)31-16-14-27(18-31)19-32-20-27/h3-11,15H,2,12-14,16-20H2,1H3. The number of aryl methyl sites for hydroxylation is 1. The summed E-state index contributed by atoms with van der Waals surface area (Å²) in [5.74, 6) is 1.68. The molecule has 170 valence electrons. The molecule has 6 rings (SSSR count). The summed E-state index contributed by atoms with van der Waals surface area (Å²) in [7, 11) is 0. The predicted molar refractivity (Wildman–Crippen MR) is 129 cm³/mol. The number of hydrogen-bond donors (Lipinski definition) is 0. The first-order chi connectivity index (χ1) is 16.1. The average molecular weight is 442 g/mol. The Labute approximate surface area is 195 Å². The molecule has 1 aromatic heterocycles. The summed E-state index contributed by atoms with van der Waals surface area (Å²) < 4.78 is 11.5. The van der Waals surface area contributed by atoms with Crippen LogP contribution in [-0.4, -0.2) is 36.3 Å². The van der Waals surface area contributed by atoms with Gasteiger partial charge in [-0.15, -0.1) is 0 Å². The van der Waals surface area contributed by atoms with Crippen LogP contribution in [0.1, 0.15) is 48.1 Å². The number of nitrogens with zero attached hydrogens (tertiary/aromatic N) is 3. The molecule has 1 saturated carbocycles. The van der Waals surface area contributed by atoms with Gasteiger partial charge >= 0.3 is 0 Å². The maximum absolute atomic E-state index is 6.09. The molecule has 0 unspecified atom stereocenters. The molecule has 5 nitrogen and oxygen atoms in total. The van der Waals surface area contributed by atoms with Gasteiger partial charge in [-0.05, 0) is 55.5 Å². The molecule has 0 radical (unpaired) electrons. The molecular weight excluding hydrogens is 410 g/mol. The van der Waals surface area contributed by atoms with Crippen molar-refractivity contribution < 1.29 is 9.47 Å². The van der Waals surface area contributed by atoms with E-state index < -0.39 is 0 Å². The van der Waals surface area contributed by atoms with Gasteiger partial charge < -0.3 is 14.4 Å². The summed E-state index contributed by atoms with van der Waals surface area (Å²) in [6.07, 6.45) is 6.71. The topological polar surface area (TPSA) is 47.5 Å². The fourth-order valence-electron chi connectivity index (χ4n) is 5.52. The van der Waals surface area contributed by atoms with Gasteiger partial charge in [-0.25, -0.2) is 9.97 Å². The summed E-state index contributed by atoms with van der Waals surface area (Å²) in [6.45, 7) is 6.31. The van der Waals surface area contributed by atoms with E-state index in [0.29, 0.717) is 12.0 Å². The van der Waals surface area contributed by atoms with Crippen molar-refractivity contribution in [3.05, 3.63) is 83.2 Å². The Morgan fingerprint density at radius 1 is 0.939 bits per heavy atom. The van der Waals surface area contributed by atoms with Crippen LogP contribution in [0, 0.1) is 12.3 Å². The molecule has 3 aliphatic rings. The molecule has 5 heteroatoms. The van der Waals surface area contributed by atoms with Gasteiger partial charge in [0, 0.05) is 30.1 Å². The maximum atomic E-state index is 6.09. The second-order valence-corrected chi connectivity index (χ2v) is 10.1. The zero-order valence-electron chi connectivity index (χ0n) is 19.3. The number of rotatable bonds is 6. The van der Waals surface area contributed by atoms with E-state index in [2.05, 4.69) is 65.3 Å². The number of anilines is 1. The van der Waals surface area contributed by atoms with E-state index in [1.807, 2.05) is 12.3 Å². The Balaban J connectivity index is 1.12. The van der Waals surface area contributed by atoms with E-state index in [0.717, 1.165) is 50.1 Å². The second kappa shape index (κ2) is 8.14. The van der Waals surface area contributed by atoms with Crippen molar-refractivity contribution >= 4 is 5.95 Å². The normalized spacial score (nSPS) is 20.3. The van der Waals surface area contributed by atoms with Gasteiger partial charge in [0.05, 0.1) is 18.9 Å². The Hall–Kier alpha value is -2.92. The number of ether oxygens (including phenoxy) is 2. The summed E-state index contributed by atoms with van der Waals surface area (Å²) in [4.78, 5) is 11.6. The van der Waals surface area contributed by atoms with Gasteiger partial charge in [0.15, 0.2) is 0 Å². The van der Waals surface area contributed by atoms with Gasteiger partial charge in [0.25, 0.3) is 0 Å². The van der Waals surface area contributed by atoms with Gasteiger partial charge in [-0.2, -0.15) is 0 Å². The van der Waals surface area contributed by atoms with E-state index in [-0.39, 0.29) is 5.41 Å². The first-order valence-corrected chi connectivity index (χ1v) is 12.1. The first-order valence-electron chi connectivity index (χ1n) is 12.1. The van der Waals surface area contributed by atoms with E-state index >= 15 is 0 Å². The lowest BCUT2D eigenvalue weighted by Crippen LogP contribution is -2.44. The molecule has 0 atom stereocenters. The van der Waals surface area contributed by atoms with Crippen LogP contribution in [0.5, 0.6) is 5.75 Å². The molecule has 2 saturated heterocycles. The lowest BCUT2D eigenvalue weighted by Gasteiger charge is -2.43. The molecule has 3 fully saturated rings. The van der Waals surface area contributed by atoms with E-state index in [1.165, 1.54) is 36.0 Å². The third-order valence-electron chi connectivity index (χ3n) is 7.84. The molecule has 2 aromatic carbocycles. The quantitative estimate of drug-likeness (QED) is 0.535. The number of aromatic nitrogens is 2. The third-order valence-corrected chi connectivity index (χ3v) is 7.84. The predicted octanol–water partition coefficient (Wildman–Crippen LogP) is 5.06. The van der Waals surface area contributed by atoms with Crippen molar-refractivity contribution in [1.29, 1.82) is 0 Å². The molecule has 3 heterocycles. The van der Waals surface area contributed by atoms with E-state index in [9.17, 15) is 0 Å². The molecule has 2 aliphatic heterocycles. The molecule has 3 aromatic rings. The molecule has 33 heavy (non-hydrogen) atoms. The van der Waals surface area contributed by atoms with Crippen LogP contribution < -0.4 is 9.64 Å². The van der Waals surface area contributed by atoms with Gasteiger partial charge in [-0.3, -0.25) is 0 Å². The molecule has 0 bridgehead atoms. The highest BCUT2D eigenvalue weighted by atomic mass is 16.5. The SMILES string of the molecule is Cc1ccc(C2(c3ccc(OCc4ccnc(N5CCC6(COC6)C5)n4)cc3)CCC2)cc1. The Morgan fingerprint density at radius 3 is 2.27 bits per heavy atom. The summed E-state index contributed by atoms with van der Waals surface area (Å²) >= 11 is 0. The summed E-state index contributed by atoms with van der Waals surface area (Å²) in [5.41, 5.74) is 5.52. The van der Waals surface area contributed by atoms with Crippen molar-refractivity contribution in [3.8, 4) is 5.75 Å². The number of hydrogen-bond acceptors (Lipinski definition) is 5. The Morgan fingerprint density at radius 2 is 1.67 bits per heavy atom. The fraction of sp³-hybridized carbons (Fsp3) is 0.429. The van der Waals surface area contributed by atoms with Crippen molar-refractivity contribution in [2.75, 3.05) is 31.2 Å². The van der Waals surface area contributed by atoms with Gasteiger partial charge in [0.2, 0.25) is 5.95 Å². The summed E-state index contributed by atoms with van der Waals surface area (Å²) in [6, 6.07) is 19.7. The number of benzene rings is 2. The largest absolute Gasteiger partial charge is 0.487 e. The monoisotopic (exact) mass is 441 g/mol. The van der Waals surface area contributed by atoms with Crippen LogP contribution in [0.15, 0.2) is 60.8 Å². The molecule has 1 spiro atoms. The fourth-order valence-corrected chi connectivity index (χ4v) is 5.52.